The van der Waals surface area contributed by atoms with Crippen LogP contribution in [0.1, 0.15) is 22.3 Å². The first-order valence-corrected chi connectivity index (χ1v) is 13.0. The Morgan fingerprint density at radius 2 is 1.63 bits per heavy atom. The van der Waals surface area contributed by atoms with Gasteiger partial charge in [-0.1, -0.05) is 60.1 Å². The number of urea groups is 1. The third-order valence-electron chi connectivity index (χ3n) is 6.48. The van der Waals surface area contributed by atoms with E-state index in [4.69, 9.17) is 21.1 Å². The normalized spacial score (nSPS) is 14.3. The molecule has 0 spiro atoms. The zero-order valence-electron chi connectivity index (χ0n) is 21.9. The summed E-state index contributed by atoms with van der Waals surface area (Å²) < 4.78 is 25.5. The van der Waals surface area contributed by atoms with Crippen LogP contribution in [0.2, 0.25) is 5.02 Å². The van der Waals surface area contributed by atoms with Crippen LogP contribution in [0.5, 0.6) is 11.5 Å². The van der Waals surface area contributed by atoms with E-state index in [-0.39, 0.29) is 28.5 Å². The van der Waals surface area contributed by atoms with Crippen molar-refractivity contribution in [2.24, 2.45) is 0 Å². The average molecular weight is 571 g/mol. The fourth-order valence-electron chi connectivity index (χ4n) is 4.39. The van der Waals surface area contributed by atoms with Gasteiger partial charge in [-0.15, -0.1) is 0 Å². The van der Waals surface area contributed by atoms with E-state index in [0.29, 0.717) is 34.8 Å². The number of halogens is 2. The maximum absolute atomic E-state index is 14.2. The molecule has 7 nitrogen and oxygen atoms in total. The molecule has 1 saturated heterocycles. The molecule has 0 saturated carbocycles. The maximum Gasteiger partial charge on any atom is 0.335 e. The number of amides is 4. The number of imide groups is 2. The van der Waals surface area contributed by atoms with Crippen molar-refractivity contribution in [2.45, 2.75) is 13.0 Å². The Morgan fingerprint density at radius 3 is 2.34 bits per heavy atom. The third-order valence-corrected chi connectivity index (χ3v) is 6.82. The lowest BCUT2D eigenvalue weighted by atomic mass is 10.00. The maximum atomic E-state index is 14.2. The first-order valence-electron chi connectivity index (χ1n) is 12.6. The van der Waals surface area contributed by atoms with Crippen molar-refractivity contribution < 1.29 is 28.2 Å². The quantitative estimate of drug-likeness (QED) is 0.198. The lowest BCUT2D eigenvalue weighted by Gasteiger charge is -2.26. The van der Waals surface area contributed by atoms with Crippen molar-refractivity contribution in [1.82, 2.24) is 5.32 Å². The summed E-state index contributed by atoms with van der Waals surface area (Å²) >= 11 is 6.54. The van der Waals surface area contributed by atoms with Gasteiger partial charge in [0.15, 0.2) is 0 Å². The molecule has 9 heteroatoms. The van der Waals surface area contributed by atoms with Gasteiger partial charge in [0.2, 0.25) is 0 Å². The van der Waals surface area contributed by atoms with Gasteiger partial charge in [0.25, 0.3) is 11.8 Å². The minimum atomic E-state index is -0.869. The molecular formula is C32H24ClFN2O5. The molecule has 5 rings (SSSR count). The Bertz CT molecular complexity index is 1650. The minimum absolute atomic E-state index is 0.179. The van der Waals surface area contributed by atoms with E-state index in [1.54, 1.807) is 54.6 Å². The molecule has 1 fully saturated rings. The van der Waals surface area contributed by atoms with Gasteiger partial charge in [-0.3, -0.25) is 14.9 Å². The van der Waals surface area contributed by atoms with Crippen LogP contribution >= 0.6 is 11.6 Å². The monoisotopic (exact) mass is 570 g/mol. The number of methoxy groups -OCH3 is 1. The second kappa shape index (κ2) is 12.1. The molecule has 4 aromatic rings. The predicted molar refractivity (Wildman–Crippen MR) is 153 cm³/mol. The van der Waals surface area contributed by atoms with E-state index < -0.39 is 17.8 Å². The number of barbiturate groups is 1. The highest BCUT2D eigenvalue weighted by atomic mass is 35.5. The molecule has 0 aliphatic carbocycles. The van der Waals surface area contributed by atoms with E-state index in [1.807, 2.05) is 30.3 Å². The summed E-state index contributed by atoms with van der Waals surface area (Å²) in [5.74, 6) is -1.12. The van der Waals surface area contributed by atoms with Crippen molar-refractivity contribution in [1.29, 1.82) is 0 Å². The Labute approximate surface area is 240 Å². The van der Waals surface area contributed by atoms with E-state index in [9.17, 15) is 18.8 Å². The molecular weight excluding hydrogens is 547 g/mol. The lowest BCUT2D eigenvalue weighted by molar-refractivity contribution is -0.122. The van der Waals surface area contributed by atoms with Crippen LogP contribution < -0.4 is 19.7 Å². The zero-order valence-corrected chi connectivity index (χ0v) is 22.7. The van der Waals surface area contributed by atoms with Crippen LogP contribution in [-0.4, -0.2) is 25.0 Å². The fraction of sp³-hybridized carbons (Fsp3) is 0.0938. The highest BCUT2D eigenvalue weighted by molar-refractivity contribution is 6.39. The lowest BCUT2D eigenvalue weighted by Crippen LogP contribution is -2.54. The number of anilines is 1. The van der Waals surface area contributed by atoms with Gasteiger partial charge in [-0.25, -0.2) is 14.1 Å². The van der Waals surface area contributed by atoms with Crippen molar-refractivity contribution >= 4 is 41.2 Å². The molecule has 0 atom stereocenters. The van der Waals surface area contributed by atoms with Crippen LogP contribution in [0.3, 0.4) is 0 Å². The number of nitrogens with zero attached hydrogens (tertiary/aromatic N) is 1. The highest BCUT2D eigenvalue weighted by Crippen LogP contribution is 2.33. The van der Waals surface area contributed by atoms with Gasteiger partial charge < -0.3 is 9.47 Å². The number of ether oxygens (including phenoxy) is 2. The van der Waals surface area contributed by atoms with Crippen LogP contribution in [0.15, 0.2) is 96.6 Å². The van der Waals surface area contributed by atoms with E-state index in [0.717, 1.165) is 10.5 Å². The summed E-state index contributed by atoms with van der Waals surface area (Å²) in [4.78, 5) is 39.6. The number of hydrogen-bond donors (Lipinski definition) is 1. The van der Waals surface area contributed by atoms with Gasteiger partial charge >= 0.3 is 6.03 Å². The first-order chi connectivity index (χ1) is 19.8. The number of rotatable bonds is 8. The molecule has 41 heavy (non-hydrogen) atoms. The summed E-state index contributed by atoms with van der Waals surface area (Å²) in [5, 5.41) is 2.47. The first kappa shape index (κ1) is 27.6. The fourth-order valence-corrected chi connectivity index (χ4v) is 4.68. The number of carbonyl (C=O) groups is 3. The van der Waals surface area contributed by atoms with Crippen molar-refractivity contribution in [3.63, 3.8) is 0 Å². The number of carbonyl (C=O) groups excluding carboxylic acids is 3. The van der Waals surface area contributed by atoms with Gasteiger partial charge in [0.1, 0.15) is 29.5 Å². The van der Waals surface area contributed by atoms with Crippen molar-refractivity contribution in [3.8, 4) is 11.5 Å². The largest absolute Gasteiger partial charge is 0.496 e. The number of hydrogen-bond acceptors (Lipinski definition) is 5. The summed E-state index contributed by atoms with van der Waals surface area (Å²) in [7, 11) is 1.44. The Balaban J connectivity index is 1.38. The zero-order chi connectivity index (χ0) is 28.9. The van der Waals surface area contributed by atoms with Crippen molar-refractivity contribution in [2.75, 3.05) is 12.0 Å². The smallest absolute Gasteiger partial charge is 0.335 e. The van der Waals surface area contributed by atoms with E-state index in [1.165, 1.54) is 19.3 Å². The molecule has 206 valence electrons. The van der Waals surface area contributed by atoms with Crippen LogP contribution in [0.4, 0.5) is 14.9 Å². The standard InChI is InChI=1S/C32H24ClFN2O5/c1-40-29-17-21(16-27(33)25(29)18-22-9-5-6-10-28(22)34)15-26-30(37)35-32(39)36(31(26)38)23-11-13-24(14-12-23)41-19-20-7-3-2-4-8-20/h2-17H,18-19H2,1H3,(H,35,37,39)/b26-15+. The van der Waals surface area contributed by atoms with Crippen LogP contribution in [-0.2, 0) is 22.6 Å². The molecule has 1 heterocycles. The van der Waals surface area contributed by atoms with Gasteiger partial charge in [0.05, 0.1) is 12.8 Å². The molecule has 1 aliphatic rings. The van der Waals surface area contributed by atoms with Crippen LogP contribution in [0.25, 0.3) is 6.08 Å². The number of benzene rings is 4. The minimum Gasteiger partial charge on any atom is -0.496 e. The molecule has 4 amide bonds. The topological polar surface area (TPSA) is 84.9 Å². The summed E-state index contributed by atoms with van der Waals surface area (Å²) in [6.45, 7) is 0.357. The molecule has 0 bridgehead atoms. The van der Waals surface area contributed by atoms with Crippen molar-refractivity contribution in [3.05, 3.63) is 130 Å². The third kappa shape index (κ3) is 6.13. The second-order valence-corrected chi connectivity index (χ2v) is 9.58. The van der Waals surface area contributed by atoms with Gasteiger partial charge in [-0.2, -0.15) is 0 Å². The SMILES string of the molecule is COc1cc(/C=C2\C(=O)NC(=O)N(c3ccc(OCc4ccccc4)cc3)C2=O)cc(Cl)c1Cc1ccccc1F. The summed E-state index contributed by atoms with van der Waals surface area (Å²) in [6.07, 6.45) is 1.51. The Morgan fingerprint density at radius 1 is 0.927 bits per heavy atom. The summed E-state index contributed by atoms with van der Waals surface area (Å²) in [6, 6.07) is 24.6. The summed E-state index contributed by atoms with van der Waals surface area (Å²) in [5.41, 5.74) is 2.36. The predicted octanol–water partition coefficient (Wildman–Crippen LogP) is 6.32. The molecule has 1 N–H and O–H groups in total. The second-order valence-electron chi connectivity index (χ2n) is 9.18. The molecule has 0 aromatic heterocycles. The highest BCUT2D eigenvalue weighted by Gasteiger charge is 2.37. The van der Waals surface area contributed by atoms with Crippen LogP contribution in [0, 0.1) is 5.82 Å². The number of nitrogens with one attached hydrogen (secondary N) is 1. The Hall–Kier alpha value is -4.95. The Kier molecular flexibility index (Phi) is 8.12. The molecule has 0 unspecified atom stereocenters. The molecule has 0 radical (unpaired) electrons. The molecule has 1 aliphatic heterocycles. The van der Waals surface area contributed by atoms with E-state index in [2.05, 4.69) is 5.32 Å². The molecule has 4 aromatic carbocycles. The van der Waals surface area contributed by atoms with Gasteiger partial charge in [0, 0.05) is 17.0 Å². The van der Waals surface area contributed by atoms with E-state index >= 15 is 0 Å². The van der Waals surface area contributed by atoms with Gasteiger partial charge in [-0.05, 0) is 65.2 Å². The average Bonchev–Trinajstić information content (AvgIpc) is 2.97.